The Bertz CT molecular complexity index is 990. The van der Waals surface area contributed by atoms with E-state index in [2.05, 4.69) is 34.1 Å². The van der Waals surface area contributed by atoms with Gasteiger partial charge in [0.2, 0.25) is 5.91 Å². The molecule has 0 saturated carbocycles. The predicted molar refractivity (Wildman–Crippen MR) is 109 cm³/mol. The molecule has 1 N–H and O–H groups in total. The minimum atomic E-state index is -0.179. The zero-order valence-electron chi connectivity index (χ0n) is 16.2. The lowest BCUT2D eigenvalue weighted by Crippen LogP contribution is -2.38. The zero-order chi connectivity index (χ0) is 19.6. The summed E-state index contributed by atoms with van der Waals surface area (Å²) >= 11 is 0. The lowest BCUT2D eigenvalue weighted by Gasteiger charge is -2.24. The van der Waals surface area contributed by atoms with E-state index in [-0.39, 0.29) is 24.3 Å². The maximum atomic E-state index is 12.8. The summed E-state index contributed by atoms with van der Waals surface area (Å²) < 4.78 is 2.09. The first-order valence-electron chi connectivity index (χ1n) is 9.04. The largest absolute Gasteiger partial charge is 0.359 e. The highest BCUT2D eigenvalue weighted by atomic mass is 16.2. The Morgan fingerprint density at radius 1 is 1.11 bits per heavy atom. The van der Waals surface area contributed by atoms with Crippen molar-refractivity contribution in [3.05, 3.63) is 60.3 Å². The van der Waals surface area contributed by atoms with Crippen molar-refractivity contribution in [3.63, 3.8) is 0 Å². The Balaban J connectivity index is 1.85. The standard InChI is InChI=1S/C22H25N3O2/c1-15(12-21(26)23-2)25(4)22(27)19-7-5-6-16(14-19)17-8-9-20-18(13-17)10-11-24(20)3/h5-11,13-15H,12H2,1-4H3,(H,23,26). The molecule has 5 heteroatoms. The highest BCUT2D eigenvalue weighted by Gasteiger charge is 2.20. The lowest BCUT2D eigenvalue weighted by molar-refractivity contribution is -0.121. The summed E-state index contributed by atoms with van der Waals surface area (Å²) in [5, 5.41) is 3.77. The van der Waals surface area contributed by atoms with Gasteiger partial charge in [0, 0.05) is 56.3 Å². The molecule has 0 radical (unpaired) electrons. The Hall–Kier alpha value is -3.08. The second-order valence-corrected chi connectivity index (χ2v) is 6.92. The van der Waals surface area contributed by atoms with Crippen molar-refractivity contribution in [2.45, 2.75) is 19.4 Å². The normalized spacial score (nSPS) is 12.0. The van der Waals surface area contributed by atoms with Crippen LogP contribution in [0, 0.1) is 0 Å². The first kappa shape index (κ1) is 18.7. The van der Waals surface area contributed by atoms with Crippen LogP contribution in [0.4, 0.5) is 0 Å². The Morgan fingerprint density at radius 3 is 2.59 bits per heavy atom. The van der Waals surface area contributed by atoms with Crippen molar-refractivity contribution >= 4 is 22.7 Å². The smallest absolute Gasteiger partial charge is 0.253 e. The van der Waals surface area contributed by atoms with Crippen LogP contribution in [0.15, 0.2) is 54.7 Å². The molecule has 1 atom stereocenters. The van der Waals surface area contributed by atoms with Crippen LogP contribution in [0.2, 0.25) is 0 Å². The molecular weight excluding hydrogens is 338 g/mol. The number of benzene rings is 2. The molecule has 0 spiro atoms. The van der Waals surface area contributed by atoms with E-state index in [1.165, 1.54) is 10.9 Å². The number of amides is 2. The van der Waals surface area contributed by atoms with Gasteiger partial charge in [0.05, 0.1) is 0 Å². The Labute approximate surface area is 159 Å². The van der Waals surface area contributed by atoms with Crippen molar-refractivity contribution in [2.24, 2.45) is 7.05 Å². The van der Waals surface area contributed by atoms with Gasteiger partial charge < -0.3 is 14.8 Å². The summed E-state index contributed by atoms with van der Waals surface area (Å²) in [6, 6.07) is 15.8. The number of aromatic nitrogens is 1. The fourth-order valence-corrected chi connectivity index (χ4v) is 3.20. The predicted octanol–water partition coefficient (Wildman–Crippen LogP) is 3.44. The molecule has 0 bridgehead atoms. The minimum Gasteiger partial charge on any atom is -0.359 e. The van der Waals surface area contributed by atoms with Crippen LogP contribution in [0.25, 0.3) is 22.0 Å². The number of hydrogen-bond donors (Lipinski definition) is 1. The number of nitrogens with zero attached hydrogens (tertiary/aromatic N) is 2. The fraction of sp³-hybridized carbons (Fsp3) is 0.273. The third kappa shape index (κ3) is 3.87. The second-order valence-electron chi connectivity index (χ2n) is 6.92. The van der Waals surface area contributed by atoms with Crippen LogP contribution in [0.5, 0.6) is 0 Å². The van der Waals surface area contributed by atoms with Crippen LogP contribution < -0.4 is 5.32 Å². The molecule has 5 nitrogen and oxygen atoms in total. The van der Waals surface area contributed by atoms with Crippen molar-refractivity contribution in [2.75, 3.05) is 14.1 Å². The minimum absolute atomic E-state index is 0.0768. The Morgan fingerprint density at radius 2 is 1.85 bits per heavy atom. The summed E-state index contributed by atoms with van der Waals surface area (Å²) in [7, 11) is 5.36. The first-order valence-corrected chi connectivity index (χ1v) is 9.04. The average Bonchev–Trinajstić information content (AvgIpc) is 3.07. The topological polar surface area (TPSA) is 54.3 Å². The van der Waals surface area contributed by atoms with Gasteiger partial charge in [-0.05, 0) is 48.4 Å². The lowest BCUT2D eigenvalue weighted by atomic mass is 10.0. The second kappa shape index (κ2) is 7.66. The number of carbonyl (C=O) groups excluding carboxylic acids is 2. The van der Waals surface area contributed by atoms with Gasteiger partial charge in [0.15, 0.2) is 0 Å². The molecule has 0 saturated heterocycles. The van der Waals surface area contributed by atoms with Gasteiger partial charge in [-0.1, -0.05) is 18.2 Å². The van der Waals surface area contributed by atoms with Crippen molar-refractivity contribution in [1.82, 2.24) is 14.8 Å². The van der Waals surface area contributed by atoms with Crippen LogP contribution >= 0.6 is 0 Å². The van der Waals surface area contributed by atoms with Gasteiger partial charge >= 0.3 is 0 Å². The quantitative estimate of drug-likeness (QED) is 0.755. The summed E-state index contributed by atoms with van der Waals surface area (Å²) in [5.41, 5.74) is 3.86. The average molecular weight is 363 g/mol. The van der Waals surface area contributed by atoms with E-state index in [9.17, 15) is 9.59 Å². The molecule has 1 aromatic heterocycles. The third-order valence-corrected chi connectivity index (χ3v) is 5.07. The van der Waals surface area contributed by atoms with Gasteiger partial charge in [0.1, 0.15) is 0 Å². The maximum absolute atomic E-state index is 12.8. The molecular formula is C22H25N3O2. The van der Waals surface area contributed by atoms with Gasteiger partial charge in [-0.15, -0.1) is 0 Å². The zero-order valence-corrected chi connectivity index (χ0v) is 16.2. The van der Waals surface area contributed by atoms with E-state index in [0.717, 1.165) is 11.1 Å². The van der Waals surface area contributed by atoms with Crippen molar-refractivity contribution in [3.8, 4) is 11.1 Å². The number of carbonyl (C=O) groups is 2. The molecule has 1 unspecified atom stereocenters. The molecule has 2 amide bonds. The Kier molecular flexibility index (Phi) is 5.31. The van der Waals surface area contributed by atoms with Gasteiger partial charge in [-0.25, -0.2) is 0 Å². The number of fused-ring (bicyclic) bond motifs is 1. The molecule has 2 aromatic carbocycles. The monoisotopic (exact) mass is 363 g/mol. The molecule has 3 aromatic rings. The summed E-state index contributed by atoms with van der Waals surface area (Å²) in [6.45, 7) is 1.88. The molecule has 140 valence electrons. The van der Waals surface area contributed by atoms with Gasteiger partial charge in [0.25, 0.3) is 5.91 Å². The number of hydrogen-bond acceptors (Lipinski definition) is 2. The molecule has 3 rings (SSSR count). The molecule has 0 aliphatic heterocycles. The van der Waals surface area contributed by atoms with Crippen LogP contribution in [0.3, 0.4) is 0 Å². The molecule has 0 aliphatic rings. The van der Waals surface area contributed by atoms with E-state index in [0.29, 0.717) is 5.56 Å². The van der Waals surface area contributed by atoms with Crippen molar-refractivity contribution in [1.29, 1.82) is 0 Å². The molecule has 0 fully saturated rings. The van der Waals surface area contributed by atoms with Crippen LogP contribution in [-0.2, 0) is 11.8 Å². The van der Waals surface area contributed by atoms with E-state index < -0.39 is 0 Å². The van der Waals surface area contributed by atoms with E-state index in [1.54, 1.807) is 19.0 Å². The van der Waals surface area contributed by atoms with E-state index >= 15 is 0 Å². The summed E-state index contributed by atoms with van der Waals surface area (Å²) in [4.78, 5) is 26.0. The fourth-order valence-electron chi connectivity index (χ4n) is 3.20. The maximum Gasteiger partial charge on any atom is 0.253 e. The van der Waals surface area contributed by atoms with Crippen LogP contribution in [0.1, 0.15) is 23.7 Å². The highest BCUT2D eigenvalue weighted by molar-refractivity contribution is 5.96. The first-order chi connectivity index (χ1) is 12.9. The van der Waals surface area contributed by atoms with E-state index in [4.69, 9.17) is 0 Å². The number of rotatable bonds is 5. The molecule has 27 heavy (non-hydrogen) atoms. The summed E-state index contributed by atoms with van der Waals surface area (Å²) in [5.74, 6) is -0.166. The van der Waals surface area contributed by atoms with Crippen molar-refractivity contribution < 1.29 is 9.59 Å². The number of nitrogens with one attached hydrogen (secondary N) is 1. The number of aryl methyl sites for hydroxylation is 1. The molecule has 1 heterocycles. The van der Waals surface area contributed by atoms with Gasteiger partial charge in [-0.3, -0.25) is 9.59 Å². The molecule has 0 aliphatic carbocycles. The van der Waals surface area contributed by atoms with Crippen LogP contribution in [-0.4, -0.2) is 41.4 Å². The highest BCUT2D eigenvalue weighted by Crippen LogP contribution is 2.26. The summed E-state index contributed by atoms with van der Waals surface area (Å²) in [6.07, 6.45) is 2.32. The van der Waals surface area contributed by atoms with Gasteiger partial charge in [-0.2, -0.15) is 0 Å². The third-order valence-electron chi connectivity index (χ3n) is 5.07. The van der Waals surface area contributed by atoms with E-state index in [1.807, 2.05) is 44.4 Å². The SMILES string of the molecule is CNC(=O)CC(C)N(C)C(=O)c1cccc(-c2ccc3c(ccn3C)c2)c1.